The molecule has 7 nitrogen and oxygen atoms in total. The number of anilines is 1. The van der Waals surface area contributed by atoms with Crippen molar-refractivity contribution in [3.8, 4) is 5.75 Å². The SMILES string of the molecule is COc1cccc2c(NC(=O)c3cccc(S(=O)(=O)N4CCCC4)c3)cc(C)nc12. The van der Waals surface area contributed by atoms with E-state index in [4.69, 9.17) is 4.74 Å². The number of hydrogen-bond acceptors (Lipinski definition) is 5. The van der Waals surface area contributed by atoms with Crippen LogP contribution >= 0.6 is 0 Å². The van der Waals surface area contributed by atoms with E-state index in [2.05, 4.69) is 10.3 Å². The maximum Gasteiger partial charge on any atom is 0.255 e. The largest absolute Gasteiger partial charge is 0.494 e. The number of hydrogen-bond donors (Lipinski definition) is 1. The summed E-state index contributed by atoms with van der Waals surface area (Å²) in [5, 5.41) is 3.64. The summed E-state index contributed by atoms with van der Waals surface area (Å²) in [5.41, 5.74) is 2.25. The van der Waals surface area contributed by atoms with Crippen LogP contribution < -0.4 is 10.1 Å². The third kappa shape index (κ3) is 3.76. The summed E-state index contributed by atoms with van der Waals surface area (Å²) in [6.07, 6.45) is 1.72. The molecule has 8 heteroatoms. The van der Waals surface area contributed by atoms with Crippen LogP contribution in [0.2, 0.25) is 0 Å². The maximum atomic E-state index is 13.0. The second kappa shape index (κ2) is 8.04. The number of nitrogens with zero attached hydrogens (tertiary/aromatic N) is 2. The highest BCUT2D eigenvalue weighted by Gasteiger charge is 2.27. The van der Waals surface area contributed by atoms with E-state index in [0.717, 1.165) is 23.9 Å². The fraction of sp³-hybridized carbons (Fsp3) is 0.273. The molecule has 2 heterocycles. The van der Waals surface area contributed by atoms with Crippen LogP contribution in [-0.4, -0.2) is 43.8 Å². The summed E-state index contributed by atoms with van der Waals surface area (Å²) in [6, 6.07) is 13.4. The van der Waals surface area contributed by atoms with Gasteiger partial charge in [0, 0.05) is 29.7 Å². The van der Waals surface area contributed by atoms with Crippen LogP contribution in [0.15, 0.2) is 53.4 Å². The molecule has 0 bridgehead atoms. The number of rotatable bonds is 5. The van der Waals surface area contributed by atoms with Gasteiger partial charge in [0.15, 0.2) is 0 Å². The molecule has 2 aromatic carbocycles. The van der Waals surface area contributed by atoms with Crippen molar-refractivity contribution in [2.75, 3.05) is 25.5 Å². The number of fused-ring (bicyclic) bond motifs is 1. The number of sulfonamides is 1. The lowest BCUT2D eigenvalue weighted by atomic mass is 10.1. The van der Waals surface area contributed by atoms with Crippen molar-refractivity contribution in [3.05, 3.63) is 59.8 Å². The fourth-order valence-electron chi connectivity index (χ4n) is 3.69. The Balaban J connectivity index is 1.67. The molecule has 0 radical (unpaired) electrons. The summed E-state index contributed by atoms with van der Waals surface area (Å²) in [4.78, 5) is 17.6. The molecule has 30 heavy (non-hydrogen) atoms. The zero-order valence-corrected chi connectivity index (χ0v) is 17.7. The number of benzene rings is 2. The van der Waals surface area contributed by atoms with Gasteiger partial charge in [-0.2, -0.15) is 4.31 Å². The molecule has 1 amide bonds. The first-order chi connectivity index (χ1) is 14.4. The zero-order chi connectivity index (χ0) is 21.3. The number of methoxy groups -OCH3 is 1. The van der Waals surface area contributed by atoms with Crippen molar-refractivity contribution in [2.45, 2.75) is 24.7 Å². The first kappa shape index (κ1) is 20.3. The van der Waals surface area contributed by atoms with E-state index in [0.29, 0.717) is 30.0 Å². The van der Waals surface area contributed by atoms with Crippen molar-refractivity contribution < 1.29 is 17.9 Å². The summed E-state index contributed by atoms with van der Waals surface area (Å²) in [7, 11) is -2.02. The Kier molecular flexibility index (Phi) is 5.44. The molecule has 1 N–H and O–H groups in total. The molecular formula is C22H23N3O4S. The fourth-order valence-corrected chi connectivity index (χ4v) is 5.25. The molecule has 0 unspecified atom stereocenters. The molecule has 1 aliphatic heterocycles. The number of carbonyl (C=O) groups excluding carboxylic acids is 1. The highest BCUT2D eigenvalue weighted by atomic mass is 32.2. The molecule has 0 spiro atoms. The van der Waals surface area contributed by atoms with Crippen molar-refractivity contribution in [1.82, 2.24) is 9.29 Å². The topological polar surface area (TPSA) is 88.6 Å². The number of carbonyl (C=O) groups is 1. The standard InChI is InChI=1S/C22H23N3O4S/c1-15-13-19(18-9-6-10-20(29-2)21(18)23-15)24-22(26)16-7-5-8-17(14-16)30(27,28)25-11-3-4-12-25/h5-10,13-14H,3-4,11-12H2,1-2H3,(H,23,24,26). The van der Waals surface area contributed by atoms with Gasteiger partial charge in [0.25, 0.3) is 5.91 Å². The Bertz CT molecular complexity index is 1220. The summed E-state index contributed by atoms with van der Waals surface area (Å²) >= 11 is 0. The van der Waals surface area contributed by atoms with Crippen molar-refractivity contribution >= 4 is 32.5 Å². The monoisotopic (exact) mass is 425 g/mol. The summed E-state index contributed by atoms with van der Waals surface area (Å²) in [6.45, 7) is 2.87. The zero-order valence-electron chi connectivity index (χ0n) is 16.9. The minimum Gasteiger partial charge on any atom is -0.494 e. The number of ether oxygens (including phenoxy) is 1. The average Bonchev–Trinajstić information content (AvgIpc) is 3.29. The molecule has 4 rings (SSSR count). The molecule has 1 fully saturated rings. The molecule has 1 aromatic heterocycles. The molecule has 1 aliphatic rings. The number of para-hydroxylation sites is 1. The smallest absolute Gasteiger partial charge is 0.255 e. The number of pyridine rings is 1. The van der Waals surface area contributed by atoms with Gasteiger partial charge in [-0.1, -0.05) is 18.2 Å². The molecular weight excluding hydrogens is 402 g/mol. The minimum absolute atomic E-state index is 0.134. The molecule has 0 saturated carbocycles. The first-order valence-electron chi connectivity index (χ1n) is 9.76. The predicted molar refractivity (Wildman–Crippen MR) is 115 cm³/mol. The second-order valence-electron chi connectivity index (χ2n) is 7.26. The van der Waals surface area contributed by atoms with Gasteiger partial charge in [-0.15, -0.1) is 0 Å². The predicted octanol–water partition coefficient (Wildman–Crippen LogP) is 3.59. The van der Waals surface area contributed by atoms with Crippen LogP contribution in [0.5, 0.6) is 5.75 Å². The molecule has 0 atom stereocenters. The maximum absolute atomic E-state index is 13.0. The Labute approximate surface area is 175 Å². The highest BCUT2D eigenvalue weighted by molar-refractivity contribution is 7.89. The van der Waals surface area contributed by atoms with Crippen LogP contribution in [-0.2, 0) is 10.0 Å². The van der Waals surface area contributed by atoms with Crippen LogP contribution in [0.25, 0.3) is 10.9 Å². The Hall–Kier alpha value is -2.97. The van der Waals surface area contributed by atoms with Gasteiger partial charge in [0.2, 0.25) is 10.0 Å². The number of nitrogens with one attached hydrogen (secondary N) is 1. The lowest BCUT2D eigenvalue weighted by Gasteiger charge is -2.16. The van der Waals surface area contributed by atoms with Crippen LogP contribution in [0, 0.1) is 6.92 Å². The van der Waals surface area contributed by atoms with Gasteiger partial charge in [-0.05, 0) is 50.1 Å². The van der Waals surface area contributed by atoms with E-state index in [1.54, 1.807) is 25.3 Å². The Morgan fingerprint density at radius 2 is 1.83 bits per heavy atom. The Morgan fingerprint density at radius 3 is 2.57 bits per heavy atom. The van der Waals surface area contributed by atoms with Crippen LogP contribution in [0.4, 0.5) is 5.69 Å². The lowest BCUT2D eigenvalue weighted by molar-refractivity contribution is 0.102. The molecule has 156 valence electrons. The summed E-state index contributed by atoms with van der Waals surface area (Å²) in [5.74, 6) is 0.230. The number of amides is 1. The first-order valence-corrected chi connectivity index (χ1v) is 11.2. The molecule has 0 aliphatic carbocycles. The third-order valence-corrected chi connectivity index (χ3v) is 7.09. The van der Waals surface area contributed by atoms with Crippen molar-refractivity contribution in [2.24, 2.45) is 0 Å². The van der Waals surface area contributed by atoms with Gasteiger partial charge >= 0.3 is 0 Å². The minimum atomic E-state index is -3.59. The van der Waals surface area contributed by atoms with E-state index in [1.165, 1.54) is 16.4 Å². The van der Waals surface area contributed by atoms with Gasteiger partial charge in [-0.3, -0.25) is 4.79 Å². The van der Waals surface area contributed by atoms with Gasteiger partial charge < -0.3 is 10.1 Å². The van der Waals surface area contributed by atoms with Crippen LogP contribution in [0.3, 0.4) is 0 Å². The van der Waals surface area contributed by atoms with Crippen molar-refractivity contribution in [1.29, 1.82) is 0 Å². The molecule has 3 aromatic rings. The quantitative estimate of drug-likeness (QED) is 0.675. The van der Waals surface area contributed by atoms with E-state index in [9.17, 15) is 13.2 Å². The van der Waals surface area contributed by atoms with E-state index in [1.807, 2.05) is 25.1 Å². The molecule has 1 saturated heterocycles. The third-order valence-electron chi connectivity index (χ3n) is 5.20. The van der Waals surface area contributed by atoms with Gasteiger partial charge in [-0.25, -0.2) is 13.4 Å². The normalized spacial score (nSPS) is 14.7. The Morgan fingerprint density at radius 1 is 1.10 bits per heavy atom. The van der Waals surface area contributed by atoms with Crippen molar-refractivity contribution in [3.63, 3.8) is 0 Å². The van der Waals surface area contributed by atoms with Gasteiger partial charge in [0.05, 0.1) is 17.7 Å². The second-order valence-corrected chi connectivity index (χ2v) is 9.20. The van der Waals surface area contributed by atoms with E-state index in [-0.39, 0.29) is 16.4 Å². The average molecular weight is 426 g/mol. The highest BCUT2D eigenvalue weighted by Crippen LogP contribution is 2.30. The lowest BCUT2D eigenvalue weighted by Crippen LogP contribution is -2.28. The number of aromatic nitrogens is 1. The van der Waals surface area contributed by atoms with Crippen LogP contribution in [0.1, 0.15) is 28.9 Å². The number of aryl methyl sites for hydroxylation is 1. The summed E-state index contributed by atoms with van der Waals surface area (Å²) < 4.78 is 32.5. The van der Waals surface area contributed by atoms with E-state index >= 15 is 0 Å². The van der Waals surface area contributed by atoms with Gasteiger partial charge in [0.1, 0.15) is 11.3 Å². The van der Waals surface area contributed by atoms with E-state index < -0.39 is 10.0 Å².